The van der Waals surface area contributed by atoms with Crippen molar-refractivity contribution in [1.82, 2.24) is 0 Å². The van der Waals surface area contributed by atoms with E-state index in [9.17, 15) is 0 Å². The third-order valence-corrected chi connectivity index (χ3v) is 3.70. The molecule has 3 aromatic rings. The van der Waals surface area contributed by atoms with Crippen LogP contribution in [0.2, 0.25) is 0 Å². The van der Waals surface area contributed by atoms with Gasteiger partial charge in [0, 0.05) is 0 Å². The van der Waals surface area contributed by atoms with Gasteiger partial charge in [0.25, 0.3) is 0 Å². The SMILES string of the molecule is COc1ccccc1C#CC=C(c1ccccc1)c1ccccc1. The molecule has 3 rings (SSSR count). The second kappa shape index (κ2) is 7.85. The van der Waals surface area contributed by atoms with E-state index < -0.39 is 0 Å². The highest BCUT2D eigenvalue weighted by molar-refractivity contribution is 5.81. The molecule has 0 spiro atoms. The van der Waals surface area contributed by atoms with Crippen LogP contribution in [0, 0.1) is 11.8 Å². The minimum atomic E-state index is 0.791. The van der Waals surface area contributed by atoms with E-state index in [0.29, 0.717) is 0 Å². The van der Waals surface area contributed by atoms with E-state index >= 15 is 0 Å². The van der Waals surface area contributed by atoms with Crippen molar-refractivity contribution in [2.75, 3.05) is 7.11 Å². The van der Waals surface area contributed by atoms with Crippen LogP contribution in [0.4, 0.5) is 0 Å². The maximum atomic E-state index is 5.35. The van der Waals surface area contributed by atoms with Gasteiger partial charge in [-0.2, -0.15) is 0 Å². The summed E-state index contributed by atoms with van der Waals surface area (Å²) in [5.74, 6) is 7.16. The fraction of sp³-hybridized carbons (Fsp3) is 0.0435. The molecule has 0 unspecified atom stereocenters. The minimum Gasteiger partial charge on any atom is -0.495 e. The number of allylic oxidation sites excluding steroid dienone is 1. The fourth-order valence-electron chi connectivity index (χ4n) is 2.50. The Labute approximate surface area is 143 Å². The molecule has 24 heavy (non-hydrogen) atoms. The number of methoxy groups -OCH3 is 1. The van der Waals surface area contributed by atoms with Crippen LogP contribution < -0.4 is 4.74 Å². The second-order valence-corrected chi connectivity index (χ2v) is 5.26. The Morgan fingerprint density at radius 3 is 1.88 bits per heavy atom. The molecule has 0 amide bonds. The van der Waals surface area contributed by atoms with E-state index in [1.54, 1.807) is 7.11 Å². The van der Waals surface area contributed by atoms with Crippen LogP contribution in [0.15, 0.2) is 91.0 Å². The van der Waals surface area contributed by atoms with Gasteiger partial charge < -0.3 is 4.74 Å². The van der Waals surface area contributed by atoms with E-state index in [1.807, 2.05) is 66.7 Å². The van der Waals surface area contributed by atoms with Gasteiger partial charge in [-0.05, 0) is 34.9 Å². The Balaban J connectivity index is 2.01. The van der Waals surface area contributed by atoms with Gasteiger partial charge in [0.05, 0.1) is 12.7 Å². The zero-order valence-electron chi connectivity index (χ0n) is 13.6. The Bertz CT molecular complexity index is 840. The highest BCUT2D eigenvalue weighted by Gasteiger charge is 2.03. The van der Waals surface area contributed by atoms with Crippen LogP contribution in [0.3, 0.4) is 0 Å². The van der Waals surface area contributed by atoms with Crippen molar-refractivity contribution < 1.29 is 4.74 Å². The standard InChI is InChI=1S/C23H18O/c1-24-23-18-9-8-15-21(23)16-10-17-22(19-11-4-2-5-12-19)20-13-6-3-7-14-20/h2-9,11-15,17-18H,1H3. The summed E-state index contributed by atoms with van der Waals surface area (Å²) in [5, 5.41) is 0. The molecule has 0 fully saturated rings. The van der Waals surface area contributed by atoms with Crippen LogP contribution in [-0.4, -0.2) is 7.11 Å². The number of para-hydroxylation sites is 1. The molecule has 0 aliphatic carbocycles. The summed E-state index contributed by atoms with van der Waals surface area (Å²) in [7, 11) is 1.66. The van der Waals surface area contributed by atoms with Crippen LogP contribution in [0.1, 0.15) is 16.7 Å². The van der Waals surface area contributed by atoms with Crippen LogP contribution in [-0.2, 0) is 0 Å². The molecule has 0 heterocycles. The quantitative estimate of drug-likeness (QED) is 0.606. The summed E-state index contributed by atoms with van der Waals surface area (Å²) in [6.45, 7) is 0. The van der Waals surface area contributed by atoms with Crippen molar-refractivity contribution in [3.8, 4) is 17.6 Å². The van der Waals surface area contributed by atoms with Gasteiger partial charge in [-0.25, -0.2) is 0 Å². The van der Waals surface area contributed by atoms with E-state index in [4.69, 9.17) is 4.74 Å². The molecule has 116 valence electrons. The molecular formula is C23H18O. The lowest BCUT2D eigenvalue weighted by Gasteiger charge is -2.06. The number of hydrogen-bond donors (Lipinski definition) is 0. The minimum absolute atomic E-state index is 0.791. The monoisotopic (exact) mass is 310 g/mol. The molecular weight excluding hydrogens is 292 g/mol. The fourth-order valence-corrected chi connectivity index (χ4v) is 2.50. The first-order valence-corrected chi connectivity index (χ1v) is 7.84. The molecule has 0 radical (unpaired) electrons. The van der Waals surface area contributed by atoms with Gasteiger partial charge in [0.2, 0.25) is 0 Å². The molecule has 0 aromatic heterocycles. The molecule has 1 nitrogen and oxygen atoms in total. The predicted octanol–water partition coefficient (Wildman–Crippen LogP) is 5.18. The molecule has 0 saturated carbocycles. The smallest absolute Gasteiger partial charge is 0.134 e. The van der Waals surface area contributed by atoms with E-state index in [-0.39, 0.29) is 0 Å². The number of ether oxygens (including phenoxy) is 1. The van der Waals surface area contributed by atoms with E-state index in [2.05, 4.69) is 36.1 Å². The van der Waals surface area contributed by atoms with Crippen molar-refractivity contribution in [1.29, 1.82) is 0 Å². The van der Waals surface area contributed by atoms with Crippen molar-refractivity contribution in [2.45, 2.75) is 0 Å². The van der Waals surface area contributed by atoms with Crippen molar-refractivity contribution in [3.05, 3.63) is 108 Å². The van der Waals surface area contributed by atoms with Gasteiger partial charge in [0.1, 0.15) is 5.75 Å². The first-order chi connectivity index (χ1) is 11.9. The van der Waals surface area contributed by atoms with Gasteiger partial charge in [-0.1, -0.05) is 84.6 Å². The van der Waals surface area contributed by atoms with E-state index in [0.717, 1.165) is 28.0 Å². The molecule has 0 N–H and O–H groups in total. The third kappa shape index (κ3) is 3.74. The van der Waals surface area contributed by atoms with Crippen molar-refractivity contribution >= 4 is 5.57 Å². The lowest BCUT2D eigenvalue weighted by atomic mass is 9.98. The number of benzene rings is 3. The Morgan fingerprint density at radius 1 is 0.750 bits per heavy atom. The van der Waals surface area contributed by atoms with Crippen LogP contribution >= 0.6 is 0 Å². The normalized spacial score (nSPS) is 9.54. The lowest BCUT2D eigenvalue weighted by molar-refractivity contribution is 0.413. The maximum Gasteiger partial charge on any atom is 0.134 e. The Morgan fingerprint density at radius 2 is 1.29 bits per heavy atom. The van der Waals surface area contributed by atoms with Gasteiger partial charge in [-0.15, -0.1) is 0 Å². The first-order valence-electron chi connectivity index (χ1n) is 7.84. The lowest BCUT2D eigenvalue weighted by Crippen LogP contribution is -1.88. The van der Waals surface area contributed by atoms with E-state index in [1.165, 1.54) is 0 Å². The van der Waals surface area contributed by atoms with Crippen molar-refractivity contribution in [3.63, 3.8) is 0 Å². The molecule has 1 heteroatoms. The summed E-state index contributed by atoms with van der Waals surface area (Å²) >= 11 is 0. The summed E-state index contributed by atoms with van der Waals surface area (Å²) in [5.41, 5.74) is 4.30. The zero-order chi connectivity index (χ0) is 16.6. The number of hydrogen-bond acceptors (Lipinski definition) is 1. The molecule has 3 aromatic carbocycles. The second-order valence-electron chi connectivity index (χ2n) is 5.26. The highest BCUT2D eigenvalue weighted by Crippen LogP contribution is 2.23. The highest BCUT2D eigenvalue weighted by atomic mass is 16.5. The molecule has 0 aliphatic heterocycles. The maximum absolute atomic E-state index is 5.35. The summed E-state index contributed by atoms with van der Waals surface area (Å²) in [6.07, 6.45) is 1.97. The van der Waals surface area contributed by atoms with Crippen molar-refractivity contribution in [2.24, 2.45) is 0 Å². The van der Waals surface area contributed by atoms with Crippen LogP contribution in [0.25, 0.3) is 5.57 Å². The zero-order valence-corrected chi connectivity index (χ0v) is 13.6. The Hall–Kier alpha value is -3.24. The molecule has 0 saturated heterocycles. The summed E-state index contributed by atoms with van der Waals surface area (Å²) in [4.78, 5) is 0. The molecule has 0 bridgehead atoms. The van der Waals surface area contributed by atoms with Gasteiger partial charge >= 0.3 is 0 Å². The Kier molecular flexibility index (Phi) is 5.12. The van der Waals surface area contributed by atoms with Gasteiger partial charge in [-0.3, -0.25) is 0 Å². The average molecular weight is 310 g/mol. The predicted molar refractivity (Wildman–Crippen MR) is 99.8 cm³/mol. The molecule has 0 atom stereocenters. The summed E-state index contributed by atoms with van der Waals surface area (Å²) in [6, 6.07) is 28.4. The largest absolute Gasteiger partial charge is 0.495 e. The topological polar surface area (TPSA) is 9.23 Å². The first kappa shape index (κ1) is 15.6. The summed E-state index contributed by atoms with van der Waals surface area (Å²) < 4.78 is 5.35. The average Bonchev–Trinajstić information content (AvgIpc) is 2.67. The van der Waals surface area contributed by atoms with Gasteiger partial charge in [0.15, 0.2) is 0 Å². The van der Waals surface area contributed by atoms with Crippen LogP contribution in [0.5, 0.6) is 5.75 Å². The number of rotatable bonds is 3. The molecule has 0 aliphatic rings. The third-order valence-electron chi connectivity index (χ3n) is 3.70.